The number of para-hydroxylation sites is 2. The van der Waals surface area contributed by atoms with E-state index >= 15 is 0 Å². The van der Waals surface area contributed by atoms with Gasteiger partial charge in [-0.3, -0.25) is 9.59 Å². The van der Waals surface area contributed by atoms with Crippen LogP contribution in [0.2, 0.25) is 0 Å². The molecule has 1 heterocycles. The van der Waals surface area contributed by atoms with Gasteiger partial charge in [0, 0.05) is 13.6 Å². The monoisotopic (exact) mass is 380 g/mol. The fourth-order valence-corrected chi connectivity index (χ4v) is 3.50. The standard InChI is InChI=1S/C22H24N2O4/c1-14-9-10-16(15(2)13-14)19-20(23(3)11-12-25)22(27)24(21(19)26)17-7-5-6-8-18(17)28-4/h5-10,13,25H,11-12H2,1-4H3. The number of carbonyl (C=O) groups excluding carboxylic acids is 2. The number of aliphatic hydroxyl groups is 1. The Kier molecular flexibility index (Phi) is 5.51. The van der Waals surface area contributed by atoms with Gasteiger partial charge >= 0.3 is 0 Å². The summed E-state index contributed by atoms with van der Waals surface area (Å²) in [5.74, 6) is -0.392. The van der Waals surface area contributed by atoms with E-state index in [2.05, 4.69) is 0 Å². The third kappa shape index (κ3) is 3.27. The van der Waals surface area contributed by atoms with Gasteiger partial charge in [-0.05, 0) is 37.1 Å². The van der Waals surface area contributed by atoms with Crippen molar-refractivity contribution in [1.82, 2.24) is 4.90 Å². The van der Waals surface area contributed by atoms with Crippen LogP contribution >= 0.6 is 0 Å². The highest BCUT2D eigenvalue weighted by Crippen LogP contribution is 2.38. The van der Waals surface area contributed by atoms with E-state index in [9.17, 15) is 14.7 Å². The minimum Gasteiger partial charge on any atom is -0.495 e. The molecule has 0 unspecified atom stereocenters. The summed E-state index contributed by atoms with van der Waals surface area (Å²) in [4.78, 5) is 29.6. The Hall–Kier alpha value is -3.12. The summed E-state index contributed by atoms with van der Waals surface area (Å²) in [6, 6.07) is 12.7. The van der Waals surface area contributed by atoms with Crippen molar-refractivity contribution in [3.05, 3.63) is 64.9 Å². The van der Waals surface area contributed by atoms with Crippen molar-refractivity contribution in [3.8, 4) is 5.75 Å². The summed E-state index contributed by atoms with van der Waals surface area (Å²) in [5.41, 5.74) is 3.70. The second kappa shape index (κ2) is 7.86. The van der Waals surface area contributed by atoms with Gasteiger partial charge in [-0.1, -0.05) is 35.9 Å². The van der Waals surface area contributed by atoms with E-state index in [0.29, 0.717) is 22.6 Å². The predicted octanol–water partition coefficient (Wildman–Crippen LogP) is 2.52. The fourth-order valence-electron chi connectivity index (χ4n) is 3.50. The molecular weight excluding hydrogens is 356 g/mol. The first-order chi connectivity index (χ1) is 13.4. The van der Waals surface area contributed by atoms with E-state index in [0.717, 1.165) is 16.0 Å². The Morgan fingerprint density at radius 3 is 2.43 bits per heavy atom. The van der Waals surface area contributed by atoms with Crippen LogP contribution in [0.3, 0.4) is 0 Å². The van der Waals surface area contributed by atoms with Crippen molar-refractivity contribution in [3.63, 3.8) is 0 Å². The van der Waals surface area contributed by atoms with Crippen LogP contribution < -0.4 is 9.64 Å². The Balaban J connectivity index is 2.20. The molecule has 0 bridgehead atoms. The second-order valence-corrected chi connectivity index (χ2v) is 6.80. The first kappa shape index (κ1) is 19.6. The van der Waals surface area contributed by atoms with E-state index in [-0.39, 0.29) is 18.8 Å². The van der Waals surface area contributed by atoms with Gasteiger partial charge in [0.1, 0.15) is 11.4 Å². The third-order valence-corrected chi connectivity index (χ3v) is 4.85. The maximum absolute atomic E-state index is 13.4. The highest BCUT2D eigenvalue weighted by atomic mass is 16.5. The lowest BCUT2D eigenvalue weighted by Gasteiger charge is -2.21. The quantitative estimate of drug-likeness (QED) is 0.780. The molecule has 3 rings (SSSR count). The number of methoxy groups -OCH3 is 1. The Morgan fingerprint density at radius 2 is 1.79 bits per heavy atom. The molecule has 0 aliphatic carbocycles. The van der Waals surface area contributed by atoms with Gasteiger partial charge in [0.2, 0.25) is 0 Å². The number of rotatable bonds is 6. The molecule has 2 aromatic carbocycles. The summed E-state index contributed by atoms with van der Waals surface area (Å²) < 4.78 is 5.36. The molecule has 0 saturated heterocycles. The summed E-state index contributed by atoms with van der Waals surface area (Å²) in [7, 11) is 3.20. The summed E-state index contributed by atoms with van der Waals surface area (Å²) in [6.07, 6.45) is 0. The van der Waals surface area contributed by atoms with E-state index in [1.54, 1.807) is 36.2 Å². The number of nitrogens with zero attached hydrogens (tertiary/aromatic N) is 2. The smallest absolute Gasteiger partial charge is 0.282 e. The van der Waals surface area contributed by atoms with Crippen LogP contribution in [0.5, 0.6) is 5.75 Å². The number of ether oxygens (including phenoxy) is 1. The number of anilines is 1. The molecule has 1 aliphatic rings. The minimum atomic E-state index is -0.430. The summed E-state index contributed by atoms with van der Waals surface area (Å²) in [5, 5.41) is 9.37. The van der Waals surface area contributed by atoms with Gasteiger partial charge in [0.05, 0.1) is 25.0 Å². The van der Waals surface area contributed by atoms with Crippen LogP contribution in [-0.2, 0) is 9.59 Å². The largest absolute Gasteiger partial charge is 0.495 e. The molecule has 0 radical (unpaired) electrons. The van der Waals surface area contributed by atoms with Gasteiger partial charge in [-0.25, -0.2) is 4.90 Å². The maximum Gasteiger partial charge on any atom is 0.282 e. The number of aryl methyl sites for hydroxylation is 2. The van der Waals surface area contributed by atoms with Crippen molar-refractivity contribution in [2.45, 2.75) is 13.8 Å². The van der Waals surface area contributed by atoms with E-state index in [1.165, 1.54) is 7.11 Å². The number of hydrogen-bond donors (Lipinski definition) is 1. The number of aliphatic hydroxyl groups excluding tert-OH is 1. The molecule has 146 valence electrons. The molecule has 0 saturated carbocycles. The Bertz CT molecular complexity index is 965. The van der Waals surface area contributed by atoms with Crippen LogP contribution in [-0.4, -0.2) is 49.1 Å². The minimum absolute atomic E-state index is 0.129. The van der Waals surface area contributed by atoms with Gasteiger partial charge in [0.25, 0.3) is 11.8 Å². The zero-order valence-electron chi connectivity index (χ0n) is 16.5. The van der Waals surface area contributed by atoms with Crippen molar-refractivity contribution in [1.29, 1.82) is 0 Å². The van der Waals surface area contributed by atoms with Crippen LogP contribution in [0.25, 0.3) is 5.57 Å². The first-order valence-corrected chi connectivity index (χ1v) is 9.06. The number of likely N-dealkylation sites (N-methyl/N-ethyl adjacent to an activating group) is 1. The van der Waals surface area contributed by atoms with Gasteiger partial charge in [-0.15, -0.1) is 0 Å². The SMILES string of the molecule is COc1ccccc1N1C(=O)C(c2ccc(C)cc2C)=C(N(C)CCO)C1=O. The van der Waals surface area contributed by atoms with Gasteiger partial charge in [0.15, 0.2) is 0 Å². The molecule has 0 aromatic heterocycles. The molecule has 2 aromatic rings. The van der Waals surface area contributed by atoms with Crippen LogP contribution in [0, 0.1) is 13.8 Å². The average Bonchev–Trinajstić information content (AvgIpc) is 2.92. The number of imide groups is 1. The lowest BCUT2D eigenvalue weighted by molar-refractivity contribution is -0.120. The molecule has 1 aliphatic heterocycles. The highest BCUT2D eigenvalue weighted by Gasteiger charge is 2.43. The molecular formula is C22H24N2O4. The first-order valence-electron chi connectivity index (χ1n) is 9.06. The molecule has 0 atom stereocenters. The van der Waals surface area contributed by atoms with Crippen molar-refractivity contribution < 1.29 is 19.4 Å². The number of hydrogen-bond acceptors (Lipinski definition) is 5. The third-order valence-electron chi connectivity index (χ3n) is 4.85. The molecule has 6 heteroatoms. The molecule has 6 nitrogen and oxygen atoms in total. The molecule has 0 fully saturated rings. The zero-order valence-corrected chi connectivity index (χ0v) is 16.5. The van der Waals surface area contributed by atoms with Crippen LogP contribution in [0.1, 0.15) is 16.7 Å². The maximum atomic E-state index is 13.4. The Labute approximate surface area is 164 Å². The van der Waals surface area contributed by atoms with E-state index in [1.807, 2.05) is 32.0 Å². The molecule has 28 heavy (non-hydrogen) atoms. The lowest BCUT2D eigenvalue weighted by atomic mass is 9.97. The van der Waals surface area contributed by atoms with Crippen molar-refractivity contribution in [2.24, 2.45) is 0 Å². The number of amides is 2. The van der Waals surface area contributed by atoms with Gasteiger partial charge in [-0.2, -0.15) is 0 Å². The topological polar surface area (TPSA) is 70.1 Å². The van der Waals surface area contributed by atoms with Crippen molar-refractivity contribution in [2.75, 3.05) is 32.2 Å². The fraction of sp³-hybridized carbons (Fsp3) is 0.273. The van der Waals surface area contributed by atoms with Gasteiger partial charge < -0.3 is 14.7 Å². The van der Waals surface area contributed by atoms with E-state index < -0.39 is 11.8 Å². The molecule has 1 N–H and O–H groups in total. The second-order valence-electron chi connectivity index (χ2n) is 6.80. The lowest BCUT2D eigenvalue weighted by Crippen LogP contribution is -2.35. The number of carbonyl (C=O) groups is 2. The average molecular weight is 380 g/mol. The normalized spacial score (nSPS) is 14.1. The zero-order chi connectivity index (χ0) is 20.4. The number of benzene rings is 2. The molecule has 0 spiro atoms. The summed E-state index contributed by atoms with van der Waals surface area (Å²) in [6.45, 7) is 4.01. The molecule has 2 amide bonds. The van der Waals surface area contributed by atoms with Crippen LogP contribution in [0.15, 0.2) is 48.2 Å². The van der Waals surface area contributed by atoms with Crippen LogP contribution in [0.4, 0.5) is 5.69 Å². The Morgan fingerprint density at radius 1 is 1.07 bits per heavy atom. The van der Waals surface area contributed by atoms with Crippen molar-refractivity contribution >= 4 is 23.1 Å². The highest BCUT2D eigenvalue weighted by molar-refractivity contribution is 6.45. The predicted molar refractivity (Wildman–Crippen MR) is 108 cm³/mol. The van der Waals surface area contributed by atoms with E-state index in [4.69, 9.17) is 4.74 Å². The summed E-state index contributed by atoms with van der Waals surface area (Å²) >= 11 is 0.